The van der Waals surface area contributed by atoms with Gasteiger partial charge in [0.15, 0.2) is 0 Å². The van der Waals surface area contributed by atoms with E-state index in [0.29, 0.717) is 10.8 Å². The molecule has 3 nitrogen and oxygen atoms in total. The van der Waals surface area contributed by atoms with Crippen molar-refractivity contribution in [3.8, 4) is 0 Å². The van der Waals surface area contributed by atoms with Crippen molar-refractivity contribution in [2.45, 2.75) is 52.4 Å². The van der Waals surface area contributed by atoms with Crippen LogP contribution in [0.1, 0.15) is 52.4 Å². The third-order valence-corrected chi connectivity index (χ3v) is 4.57. The highest BCUT2D eigenvalue weighted by Crippen LogP contribution is 2.37. The standard InChI is InChI=1S/C16H30O3/c1-3-5-7-15(9-17-10-15)13-19-14-16(8-6-4-2)11-18-12-16/h3-14H2,1-2H3. The minimum Gasteiger partial charge on any atom is -0.380 e. The van der Waals surface area contributed by atoms with Crippen LogP contribution in [0.25, 0.3) is 0 Å². The Bertz CT molecular complexity index is 231. The van der Waals surface area contributed by atoms with Crippen LogP contribution in [0.4, 0.5) is 0 Å². The first kappa shape index (κ1) is 15.3. The van der Waals surface area contributed by atoms with Crippen LogP contribution < -0.4 is 0 Å². The number of hydrogen-bond donors (Lipinski definition) is 0. The molecule has 0 radical (unpaired) electrons. The molecule has 0 aromatic carbocycles. The molecule has 0 unspecified atom stereocenters. The van der Waals surface area contributed by atoms with Crippen molar-refractivity contribution in [1.29, 1.82) is 0 Å². The maximum Gasteiger partial charge on any atom is 0.0567 e. The van der Waals surface area contributed by atoms with E-state index in [9.17, 15) is 0 Å². The lowest BCUT2D eigenvalue weighted by Crippen LogP contribution is -2.50. The summed E-state index contributed by atoms with van der Waals surface area (Å²) >= 11 is 0. The molecule has 0 amide bonds. The number of hydrogen-bond acceptors (Lipinski definition) is 3. The lowest BCUT2D eigenvalue weighted by atomic mass is 9.80. The van der Waals surface area contributed by atoms with Crippen molar-refractivity contribution in [3.05, 3.63) is 0 Å². The third-order valence-electron chi connectivity index (χ3n) is 4.57. The van der Waals surface area contributed by atoms with E-state index in [1.165, 1.54) is 38.5 Å². The van der Waals surface area contributed by atoms with Gasteiger partial charge in [0.2, 0.25) is 0 Å². The topological polar surface area (TPSA) is 27.7 Å². The molecule has 2 aliphatic heterocycles. The quantitative estimate of drug-likeness (QED) is 0.609. The highest BCUT2D eigenvalue weighted by molar-refractivity contribution is 4.88. The molecule has 0 bridgehead atoms. The average molecular weight is 270 g/mol. The molecule has 2 rings (SSSR count). The molecule has 2 aliphatic rings. The Morgan fingerprint density at radius 1 is 0.789 bits per heavy atom. The lowest BCUT2D eigenvalue weighted by molar-refractivity contribution is -0.190. The molecule has 0 saturated carbocycles. The summed E-state index contributed by atoms with van der Waals surface area (Å²) in [7, 11) is 0. The van der Waals surface area contributed by atoms with Crippen LogP contribution in [0.5, 0.6) is 0 Å². The Balaban J connectivity index is 1.69. The molecule has 0 spiro atoms. The molecule has 2 fully saturated rings. The van der Waals surface area contributed by atoms with Crippen molar-refractivity contribution in [1.82, 2.24) is 0 Å². The van der Waals surface area contributed by atoms with Gasteiger partial charge in [-0.3, -0.25) is 0 Å². The first-order valence-corrected chi connectivity index (χ1v) is 7.97. The van der Waals surface area contributed by atoms with Crippen LogP contribution >= 0.6 is 0 Å². The number of unbranched alkanes of at least 4 members (excludes halogenated alkanes) is 2. The van der Waals surface area contributed by atoms with E-state index in [-0.39, 0.29) is 0 Å². The molecule has 0 N–H and O–H groups in total. The molecule has 0 atom stereocenters. The second kappa shape index (κ2) is 7.05. The first-order chi connectivity index (χ1) is 9.24. The Kier molecular flexibility index (Phi) is 5.67. The maximum atomic E-state index is 6.08. The predicted molar refractivity (Wildman–Crippen MR) is 76.4 cm³/mol. The van der Waals surface area contributed by atoms with Crippen molar-refractivity contribution in [2.75, 3.05) is 39.6 Å². The fourth-order valence-corrected chi connectivity index (χ4v) is 2.97. The van der Waals surface area contributed by atoms with Crippen LogP contribution in [-0.2, 0) is 14.2 Å². The van der Waals surface area contributed by atoms with Gasteiger partial charge >= 0.3 is 0 Å². The molecule has 0 aromatic rings. The van der Waals surface area contributed by atoms with Crippen LogP contribution in [0, 0.1) is 10.8 Å². The number of rotatable bonds is 10. The summed E-state index contributed by atoms with van der Waals surface area (Å²) < 4.78 is 16.9. The Hall–Kier alpha value is -0.120. The summed E-state index contributed by atoms with van der Waals surface area (Å²) in [6.07, 6.45) is 7.60. The van der Waals surface area contributed by atoms with Gasteiger partial charge in [0.1, 0.15) is 0 Å². The van der Waals surface area contributed by atoms with E-state index in [1.54, 1.807) is 0 Å². The van der Waals surface area contributed by atoms with Crippen LogP contribution in [0.3, 0.4) is 0 Å². The summed E-state index contributed by atoms with van der Waals surface area (Å²) in [5, 5.41) is 0. The van der Waals surface area contributed by atoms with E-state index < -0.39 is 0 Å². The third kappa shape index (κ3) is 3.93. The minimum atomic E-state index is 0.326. The predicted octanol–water partition coefficient (Wildman–Crippen LogP) is 3.42. The number of ether oxygens (including phenoxy) is 3. The molecule has 112 valence electrons. The second-order valence-electron chi connectivity index (χ2n) is 6.69. The minimum absolute atomic E-state index is 0.326. The molecule has 0 aromatic heterocycles. The van der Waals surface area contributed by atoms with Crippen molar-refractivity contribution >= 4 is 0 Å². The average Bonchev–Trinajstić information content (AvgIpc) is 2.33. The Morgan fingerprint density at radius 2 is 1.21 bits per heavy atom. The molecule has 19 heavy (non-hydrogen) atoms. The molecule has 2 heterocycles. The Labute approximate surface area is 118 Å². The zero-order valence-electron chi connectivity index (χ0n) is 12.7. The summed E-state index contributed by atoms with van der Waals surface area (Å²) in [4.78, 5) is 0. The summed E-state index contributed by atoms with van der Waals surface area (Å²) in [5.74, 6) is 0. The zero-order valence-corrected chi connectivity index (χ0v) is 12.7. The van der Waals surface area contributed by atoms with Crippen molar-refractivity contribution < 1.29 is 14.2 Å². The van der Waals surface area contributed by atoms with Gasteiger partial charge in [0, 0.05) is 10.8 Å². The highest BCUT2D eigenvalue weighted by Gasteiger charge is 2.41. The maximum absolute atomic E-state index is 6.08. The SMILES string of the molecule is CCCCC1(COCC2(CCCC)COC2)COC1. The largest absolute Gasteiger partial charge is 0.380 e. The smallest absolute Gasteiger partial charge is 0.0567 e. The summed E-state index contributed by atoms with van der Waals surface area (Å²) in [6.45, 7) is 9.83. The van der Waals surface area contributed by atoms with E-state index in [2.05, 4.69) is 13.8 Å². The molecular weight excluding hydrogens is 240 g/mol. The molecule has 2 saturated heterocycles. The first-order valence-electron chi connectivity index (χ1n) is 7.97. The van der Waals surface area contributed by atoms with E-state index in [4.69, 9.17) is 14.2 Å². The fourth-order valence-electron chi connectivity index (χ4n) is 2.97. The normalized spacial score (nSPS) is 23.7. The lowest BCUT2D eigenvalue weighted by Gasteiger charge is -2.45. The highest BCUT2D eigenvalue weighted by atomic mass is 16.5. The van der Waals surface area contributed by atoms with Crippen molar-refractivity contribution in [2.24, 2.45) is 10.8 Å². The zero-order chi connectivity index (χ0) is 13.6. The summed E-state index contributed by atoms with van der Waals surface area (Å²) in [5.41, 5.74) is 0.652. The van der Waals surface area contributed by atoms with Gasteiger partial charge in [-0.05, 0) is 12.8 Å². The Morgan fingerprint density at radius 3 is 1.47 bits per heavy atom. The van der Waals surface area contributed by atoms with Gasteiger partial charge in [-0.15, -0.1) is 0 Å². The van der Waals surface area contributed by atoms with Gasteiger partial charge in [-0.1, -0.05) is 39.5 Å². The van der Waals surface area contributed by atoms with E-state index in [1.807, 2.05) is 0 Å². The van der Waals surface area contributed by atoms with Crippen molar-refractivity contribution in [3.63, 3.8) is 0 Å². The molecular formula is C16H30O3. The van der Waals surface area contributed by atoms with Gasteiger partial charge in [0.25, 0.3) is 0 Å². The van der Waals surface area contributed by atoms with Crippen LogP contribution in [0.15, 0.2) is 0 Å². The molecule has 0 aliphatic carbocycles. The summed E-state index contributed by atoms with van der Waals surface area (Å²) in [6, 6.07) is 0. The van der Waals surface area contributed by atoms with E-state index in [0.717, 1.165) is 39.6 Å². The fraction of sp³-hybridized carbons (Fsp3) is 1.00. The second-order valence-corrected chi connectivity index (χ2v) is 6.69. The van der Waals surface area contributed by atoms with Crippen LogP contribution in [0.2, 0.25) is 0 Å². The van der Waals surface area contributed by atoms with Crippen LogP contribution in [-0.4, -0.2) is 39.6 Å². The molecule has 3 heteroatoms. The van der Waals surface area contributed by atoms with Gasteiger partial charge < -0.3 is 14.2 Å². The van der Waals surface area contributed by atoms with Gasteiger partial charge in [0.05, 0.1) is 39.6 Å². The van der Waals surface area contributed by atoms with Gasteiger partial charge in [-0.25, -0.2) is 0 Å². The van der Waals surface area contributed by atoms with E-state index >= 15 is 0 Å². The van der Waals surface area contributed by atoms with Gasteiger partial charge in [-0.2, -0.15) is 0 Å². The monoisotopic (exact) mass is 270 g/mol.